The summed E-state index contributed by atoms with van der Waals surface area (Å²) in [6.07, 6.45) is 4.58. The van der Waals surface area contributed by atoms with E-state index in [1.165, 1.54) is 17.1 Å². The van der Waals surface area contributed by atoms with Crippen LogP contribution in [-0.4, -0.2) is 55.5 Å². The summed E-state index contributed by atoms with van der Waals surface area (Å²) in [5, 5.41) is 13.1. The Morgan fingerprint density at radius 3 is 2.77 bits per heavy atom. The average molecular weight is 443 g/mol. The van der Waals surface area contributed by atoms with Gasteiger partial charge < -0.3 is 15.3 Å². The molecular formula is C20H22N6O4S. The predicted molar refractivity (Wildman–Crippen MR) is 116 cm³/mol. The third-order valence-electron chi connectivity index (χ3n) is 5.33. The third-order valence-corrected chi connectivity index (χ3v) is 6.00. The minimum absolute atomic E-state index is 0.0408. The predicted octanol–water partition coefficient (Wildman–Crippen LogP) is 1.60. The van der Waals surface area contributed by atoms with Crippen LogP contribution in [0.2, 0.25) is 0 Å². The molecule has 0 radical (unpaired) electrons. The SMILES string of the molecule is CCCCNC(=O)C1CN(c2cc(C)c3c(=O)c(C(=O)O)cn(-c4ncns4)c3n2)C1. The van der Waals surface area contributed by atoms with Crippen molar-refractivity contribution in [3.05, 3.63) is 39.9 Å². The van der Waals surface area contributed by atoms with E-state index in [0.29, 0.717) is 41.8 Å². The first-order valence-corrected chi connectivity index (χ1v) is 10.8. The molecule has 1 amide bonds. The van der Waals surface area contributed by atoms with Gasteiger partial charge >= 0.3 is 5.97 Å². The lowest BCUT2D eigenvalue weighted by atomic mass is 9.98. The minimum Gasteiger partial charge on any atom is -0.477 e. The Morgan fingerprint density at radius 2 is 2.13 bits per heavy atom. The fourth-order valence-electron chi connectivity index (χ4n) is 3.58. The molecule has 1 saturated heterocycles. The maximum Gasteiger partial charge on any atom is 0.341 e. The van der Waals surface area contributed by atoms with Gasteiger partial charge in [-0.1, -0.05) is 13.3 Å². The van der Waals surface area contributed by atoms with Crippen LogP contribution < -0.4 is 15.6 Å². The zero-order chi connectivity index (χ0) is 22.1. The zero-order valence-electron chi connectivity index (χ0n) is 17.2. The van der Waals surface area contributed by atoms with Crippen molar-refractivity contribution in [2.24, 2.45) is 5.92 Å². The van der Waals surface area contributed by atoms with Gasteiger partial charge in [0.15, 0.2) is 5.65 Å². The Kier molecular flexibility index (Phi) is 5.68. The molecule has 11 heteroatoms. The van der Waals surface area contributed by atoms with E-state index in [2.05, 4.69) is 26.6 Å². The molecule has 3 aromatic heterocycles. The molecule has 0 aliphatic carbocycles. The van der Waals surface area contributed by atoms with E-state index in [1.807, 2.05) is 4.90 Å². The van der Waals surface area contributed by atoms with Crippen molar-refractivity contribution in [1.29, 1.82) is 0 Å². The Hall–Kier alpha value is -3.34. The highest BCUT2D eigenvalue weighted by molar-refractivity contribution is 7.08. The second-order valence-corrected chi connectivity index (χ2v) is 8.27. The summed E-state index contributed by atoms with van der Waals surface area (Å²) in [6, 6.07) is 1.75. The molecule has 1 aliphatic heterocycles. The molecule has 0 saturated carbocycles. The number of pyridine rings is 2. The van der Waals surface area contributed by atoms with Crippen molar-refractivity contribution in [2.45, 2.75) is 26.7 Å². The van der Waals surface area contributed by atoms with Crippen LogP contribution in [0.3, 0.4) is 0 Å². The van der Waals surface area contributed by atoms with Gasteiger partial charge in [0.2, 0.25) is 16.5 Å². The molecule has 0 bridgehead atoms. The van der Waals surface area contributed by atoms with Crippen LogP contribution in [0.25, 0.3) is 16.2 Å². The summed E-state index contributed by atoms with van der Waals surface area (Å²) < 4.78 is 5.46. The van der Waals surface area contributed by atoms with E-state index >= 15 is 0 Å². The molecule has 4 rings (SSSR count). The van der Waals surface area contributed by atoms with Crippen LogP contribution in [0.1, 0.15) is 35.7 Å². The molecule has 0 aromatic carbocycles. The van der Waals surface area contributed by atoms with Crippen molar-refractivity contribution in [3.63, 3.8) is 0 Å². The summed E-state index contributed by atoms with van der Waals surface area (Å²) in [5.74, 6) is -0.745. The van der Waals surface area contributed by atoms with Gasteiger partial charge in [-0.2, -0.15) is 4.37 Å². The topological polar surface area (TPSA) is 130 Å². The van der Waals surface area contributed by atoms with Crippen LogP contribution >= 0.6 is 11.5 Å². The number of aromatic nitrogens is 4. The standard InChI is InChI=1S/C20H22N6O4S/c1-3-4-5-21-18(28)12-7-25(8-12)14-6-11(2)15-16(27)13(19(29)30)9-26(17(15)24-14)20-22-10-23-31-20/h6,9-10,12H,3-5,7-8H2,1-2H3,(H,21,28)(H,29,30). The zero-order valence-corrected chi connectivity index (χ0v) is 18.0. The Bertz CT molecular complexity index is 1200. The highest BCUT2D eigenvalue weighted by atomic mass is 32.1. The number of aryl methyl sites for hydroxylation is 1. The lowest BCUT2D eigenvalue weighted by molar-refractivity contribution is -0.125. The number of carboxylic acid groups (broad SMARTS) is 1. The molecule has 162 valence electrons. The smallest absolute Gasteiger partial charge is 0.341 e. The van der Waals surface area contributed by atoms with Gasteiger partial charge in [-0.25, -0.2) is 14.8 Å². The highest BCUT2D eigenvalue weighted by Crippen LogP contribution is 2.28. The van der Waals surface area contributed by atoms with Crippen molar-refractivity contribution in [1.82, 2.24) is 24.2 Å². The first-order chi connectivity index (χ1) is 14.9. The average Bonchev–Trinajstić information content (AvgIpc) is 3.21. The molecule has 0 unspecified atom stereocenters. The monoisotopic (exact) mass is 442 g/mol. The maximum atomic E-state index is 12.8. The number of rotatable bonds is 7. The van der Waals surface area contributed by atoms with Crippen LogP contribution in [-0.2, 0) is 4.79 Å². The molecule has 1 fully saturated rings. The van der Waals surface area contributed by atoms with Crippen molar-refractivity contribution >= 4 is 40.3 Å². The second-order valence-electron chi connectivity index (χ2n) is 7.51. The van der Waals surface area contributed by atoms with Crippen molar-refractivity contribution in [3.8, 4) is 5.13 Å². The van der Waals surface area contributed by atoms with Gasteiger partial charge in [0.25, 0.3) is 0 Å². The number of amides is 1. The van der Waals surface area contributed by atoms with Gasteiger partial charge in [0, 0.05) is 37.4 Å². The molecule has 1 aliphatic rings. The Morgan fingerprint density at radius 1 is 1.35 bits per heavy atom. The fourth-order valence-corrected chi connectivity index (χ4v) is 4.09. The van der Waals surface area contributed by atoms with Crippen LogP contribution in [0, 0.1) is 12.8 Å². The van der Waals surface area contributed by atoms with E-state index in [-0.39, 0.29) is 22.8 Å². The van der Waals surface area contributed by atoms with E-state index in [4.69, 9.17) is 0 Å². The Balaban J connectivity index is 1.70. The molecule has 4 heterocycles. The second kappa shape index (κ2) is 8.42. The van der Waals surface area contributed by atoms with Gasteiger partial charge in [-0.15, -0.1) is 0 Å². The summed E-state index contributed by atoms with van der Waals surface area (Å²) in [5.41, 5.74) is -0.00970. The fraction of sp³-hybridized carbons (Fsp3) is 0.400. The number of fused-ring (bicyclic) bond motifs is 1. The van der Waals surface area contributed by atoms with Gasteiger partial charge in [-0.05, 0) is 25.0 Å². The number of carbonyl (C=O) groups excluding carboxylic acids is 1. The first kappa shape index (κ1) is 20.9. The molecule has 3 aromatic rings. The van der Waals surface area contributed by atoms with E-state index in [9.17, 15) is 19.5 Å². The van der Waals surface area contributed by atoms with Gasteiger partial charge in [-0.3, -0.25) is 14.2 Å². The summed E-state index contributed by atoms with van der Waals surface area (Å²) >= 11 is 1.07. The number of anilines is 1. The Labute approximate surface area is 181 Å². The van der Waals surface area contributed by atoms with Crippen LogP contribution in [0.5, 0.6) is 0 Å². The lowest BCUT2D eigenvalue weighted by Gasteiger charge is -2.39. The number of aromatic carboxylic acids is 1. The van der Waals surface area contributed by atoms with Gasteiger partial charge in [0.05, 0.1) is 11.3 Å². The normalized spacial score (nSPS) is 13.9. The molecule has 0 spiro atoms. The number of carbonyl (C=O) groups is 2. The third kappa shape index (κ3) is 3.88. The molecule has 0 atom stereocenters. The number of hydrogen-bond donors (Lipinski definition) is 2. The largest absolute Gasteiger partial charge is 0.477 e. The quantitative estimate of drug-likeness (QED) is 0.528. The van der Waals surface area contributed by atoms with Crippen molar-refractivity contribution in [2.75, 3.05) is 24.5 Å². The molecule has 10 nitrogen and oxygen atoms in total. The highest BCUT2D eigenvalue weighted by Gasteiger charge is 2.34. The summed E-state index contributed by atoms with van der Waals surface area (Å²) in [4.78, 5) is 47.4. The number of unbranched alkanes of at least 4 members (excludes halogenated alkanes) is 1. The minimum atomic E-state index is -1.31. The summed E-state index contributed by atoms with van der Waals surface area (Å²) in [7, 11) is 0. The summed E-state index contributed by atoms with van der Waals surface area (Å²) in [6.45, 7) is 5.57. The van der Waals surface area contributed by atoms with Crippen LogP contribution in [0.15, 0.2) is 23.4 Å². The molecule has 2 N–H and O–H groups in total. The number of carboxylic acids is 1. The molecule has 31 heavy (non-hydrogen) atoms. The van der Waals surface area contributed by atoms with E-state index in [1.54, 1.807) is 13.0 Å². The van der Waals surface area contributed by atoms with Crippen LogP contribution in [0.4, 0.5) is 5.82 Å². The lowest BCUT2D eigenvalue weighted by Crippen LogP contribution is -2.54. The number of hydrogen-bond acceptors (Lipinski definition) is 8. The number of nitrogens with one attached hydrogen (secondary N) is 1. The molecular weight excluding hydrogens is 420 g/mol. The number of nitrogens with zero attached hydrogens (tertiary/aromatic N) is 5. The maximum absolute atomic E-state index is 12.8. The van der Waals surface area contributed by atoms with Crippen molar-refractivity contribution < 1.29 is 14.7 Å². The van der Waals surface area contributed by atoms with E-state index in [0.717, 1.165) is 24.4 Å². The first-order valence-electron chi connectivity index (χ1n) is 10.0. The van der Waals surface area contributed by atoms with E-state index < -0.39 is 11.4 Å². The van der Waals surface area contributed by atoms with Gasteiger partial charge in [0.1, 0.15) is 17.7 Å².